The number of halogens is 3. The van der Waals surface area contributed by atoms with E-state index in [1.165, 1.54) is 49.5 Å². The number of rotatable bonds is 3. The lowest BCUT2D eigenvalue weighted by atomic mass is 10.0. The van der Waals surface area contributed by atoms with Gasteiger partial charge in [0.1, 0.15) is 0 Å². The average Bonchev–Trinajstić information content (AvgIpc) is 3.31. The highest BCUT2D eigenvalue weighted by Gasteiger charge is 2.35. The molecule has 0 saturated heterocycles. The van der Waals surface area contributed by atoms with Crippen molar-refractivity contribution in [2.45, 2.75) is 13.1 Å². The van der Waals surface area contributed by atoms with Gasteiger partial charge in [0.2, 0.25) is 0 Å². The van der Waals surface area contributed by atoms with Crippen LogP contribution < -0.4 is 5.32 Å². The molecule has 0 aliphatic carbocycles. The Labute approximate surface area is 195 Å². The van der Waals surface area contributed by atoms with Crippen molar-refractivity contribution in [2.24, 2.45) is 0 Å². The molecule has 11 heteroatoms. The number of pyridine rings is 1. The molecule has 0 fully saturated rings. The second-order valence-electron chi connectivity index (χ2n) is 7.93. The van der Waals surface area contributed by atoms with Gasteiger partial charge in [-0.1, -0.05) is 23.4 Å². The monoisotopic (exact) mass is 480 g/mol. The third-order valence-electron chi connectivity index (χ3n) is 5.72. The number of anilines is 1. The van der Waals surface area contributed by atoms with E-state index in [-0.39, 0.29) is 44.7 Å². The molecule has 0 radical (unpaired) electrons. The molecule has 1 N–H and O–H groups in total. The van der Waals surface area contributed by atoms with Gasteiger partial charge in [0.15, 0.2) is 0 Å². The van der Waals surface area contributed by atoms with Crippen LogP contribution in [0.2, 0.25) is 0 Å². The van der Waals surface area contributed by atoms with Crippen molar-refractivity contribution >= 4 is 34.5 Å². The first-order chi connectivity index (χ1) is 16.6. The summed E-state index contributed by atoms with van der Waals surface area (Å²) in [6.45, 7) is 1.57. The van der Waals surface area contributed by atoms with E-state index in [9.17, 15) is 27.6 Å². The maximum Gasteiger partial charge on any atom is 0.417 e. The molecule has 2 aromatic heterocycles. The molecule has 1 aliphatic rings. The number of imide groups is 1. The molecule has 0 saturated carbocycles. The van der Waals surface area contributed by atoms with Gasteiger partial charge < -0.3 is 9.84 Å². The van der Waals surface area contributed by atoms with E-state index in [0.717, 1.165) is 11.0 Å². The standard InChI is InChI=1S/C24H15F3N4O4/c1-11-19-16(20(32)28-12-7-8-13-15(9-12)23(34)31(2)22(13)33)10-18(29-21(19)35-30-11)14-5-3-4-6-17(14)24(25,26)27/h3-10H,1-2H3,(H,28,32). The first-order valence-corrected chi connectivity index (χ1v) is 10.3. The van der Waals surface area contributed by atoms with Crippen LogP contribution in [0.4, 0.5) is 18.9 Å². The summed E-state index contributed by atoms with van der Waals surface area (Å²) in [4.78, 5) is 42.8. The predicted molar refractivity (Wildman–Crippen MR) is 118 cm³/mol. The first-order valence-electron chi connectivity index (χ1n) is 10.3. The van der Waals surface area contributed by atoms with Crippen LogP contribution in [-0.4, -0.2) is 39.8 Å². The van der Waals surface area contributed by atoms with Gasteiger partial charge in [0.25, 0.3) is 23.4 Å². The Morgan fingerprint density at radius 1 is 1.00 bits per heavy atom. The number of fused-ring (bicyclic) bond motifs is 2. The van der Waals surface area contributed by atoms with Crippen LogP contribution in [0.1, 0.15) is 42.3 Å². The molecule has 0 spiro atoms. The molecule has 4 aromatic rings. The Kier molecular flexibility index (Phi) is 4.93. The van der Waals surface area contributed by atoms with Crippen molar-refractivity contribution in [3.8, 4) is 11.3 Å². The number of carbonyl (C=O) groups excluding carboxylic acids is 3. The quantitative estimate of drug-likeness (QED) is 0.427. The van der Waals surface area contributed by atoms with Gasteiger partial charge in [-0.2, -0.15) is 13.2 Å². The van der Waals surface area contributed by atoms with E-state index in [4.69, 9.17) is 4.52 Å². The minimum Gasteiger partial charge on any atom is -0.335 e. The third-order valence-corrected chi connectivity index (χ3v) is 5.72. The number of alkyl halides is 3. The van der Waals surface area contributed by atoms with Gasteiger partial charge in [0, 0.05) is 18.3 Å². The molecule has 2 aromatic carbocycles. The Balaban J connectivity index is 1.59. The van der Waals surface area contributed by atoms with Crippen LogP contribution in [0, 0.1) is 6.92 Å². The van der Waals surface area contributed by atoms with Crippen LogP contribution in [-0.2, 0) is 6.18 Å². The van der Waals surface area contributed by atoms with Gasteiger partial charge in [-0.15, -0.1) is 0 Å². The largest absolute Gasteiger partial charge is 0.417 e. The average molecular weight is 480 g/mol. The van der Waals surface area contributed by atoms with Crippen molar-refractivity contribution in [2.75, 3.05) is 12.4 Å². The number of benzene rings is 2. The number of hydrogen-bond acceptors (Lipinski definition) is 6. The molecule has 3 amide bonds. The summed E-state index contributed by atoms with van der Waals surface area (Å²) in [5.74, 6) is -1.64. The topological polar surface area (TPSA) is 105 Å². The highest BCUT2D eigenvalue weighted by molar-refractivity contribution is 6.22. The van der Waals surface area contributed by atoms with Crippen molar-refractivity contribution in [3.63, 3.8) is 0 Å². The van der Waals surface area contributed by atoms with Gasteiger partial charge in [0.05, 0.1) is 39.0 Å². The van der Waals surface area contributed by atoms with Crippen LogP contribution in [0.25, 0.3) is 22.4 Å². The minimum atomic E-state index is -4.64. The Morgan fingerprint density at radius 3 is 2.46 bits per heavy atom. The fourth-order valence-corrected chi connectivity index (χ4v) is 4.00. The maximum absolute atomic E-state index is 13.6. The van der Waals surface area contributed by atoms with Crippen molar-refractivity contribution < 1.29 is 32.1 Å². The van der Waals surface area contributed by atoms with E-state index in [2.05, 4.69) is 15.5 Å². The second kappa shape index (κ2) is 7.76. The molecule has 1 aliphatic heterocycles. The molecule has 0 atom stereocenters. The van der Waals surface area contributed by atoms with E-state index in [0.29, 0.717) is 5.69 Å². The number of nitrogens with one attached hydrogen (secondary N) is 1. The fraction of sp³-hybridized carbons (Fsp3) is 0.125. The van der Waals surface area contributed by atoms with Gasteiger partial charge in [-0.25, -0.2) is 4.98 Å². The van der Waals surface area contributed by atoms with Crippen LogP contribution in [0.5, 0.6) is 0 Å². The second-order valence-corrected chi connectivity index (χ2v) is 7.93. The number of aromatic nitrogens is 2. The molecular weight excluding hydrogens is 465 g/mol. The summed E-state index contributed by atoms with van der Waals surface area (Å²) in [5, 5.41) is 6.67. The molecule has 8 nitrogen and oxygen atoms in total. The maximum atomic E-state index is 13.6. The zero-order valence-electron chi connectivity index (χ0n) is 18.2. The highest BCUT2D eigenvalue weighted by Crippen LogP contribution is 2.38. The fourth-order valence-electron chi connectivity index (χ4n) is 4.00. The molecule has 5 rings (SSSR count). The zero-order chi connectivity index (χ0) is 25.1. The van der Waals surface area contributed by atoms with Crippen molar-refractivity contribution in [3.05, 3.63) is 76.5 Å². The lowest BCUT2D eigenvalue weighted by Gasteiger charge is -2.13. The summed E-state index contributed by atoms with van der Waals surface area (Å²) in [6, 6.07) is 10.4. The normalized spacial score (nSPS) is 13.5. The van der Waals surface area contributed by atoms with Gasteiger partial charge >= 0.3 is 6.18 Å². The number of aryl methyl sites for hydroxylation is 1. The van der Waals surface area contributed by atoms with Crippen LogP contribution >= 0.6 is 0 Å². The molecule has 35 heavy (non-hydrogen) atoms. The van der Waals surface area contributed by atoms with E-state index < -0.39 is 29.5 Å². The van der Waals surface area contributed by atoms with Crippen molar-refractivity contribution in [1.29, 1.82) is 0 Å². The third kappa shape index (κ3) is 3.61. The Hall–Kier alpha value is -4.54. The van der Waals surface area contributed by atoms with E-state index >= 15 is 0 Å². The molecular formula is C24H15F3N4O4. The Morgan fingerprint density at radius 2 is 1.71 bits per heavy atom. The molecule has 0 bridgehead atoms. The highest BCUT2D eigenvalue weighted by atomic mass is 19.4. The smallest absolute Gasteiger partial charge is 0.335 e. The summed E-state index contributed by atoms with van der Waals surface area (Å²) in [7, 11) is 1.35. The summed E-state index contributed by atoms with van der Waals surface area (Å²) in [6.07, 6.45) is -4.64. The molecule has 176 valence electrons. The number of amides is 3. The van der Waals surface area contributed by atoms with Crippen molar-refractivity contribution in [1.82, 2.24) is 15.0 Å². The lowest BCUT2D eigenvalue weighted by Crippen LogP contribution is -2.24. The summed E-state index contributed by atoms with van der Waals surface area (Å²) in [5.41, 5.74) is -0.484. The Bertz CT molecular complexity index is 1560. The zero-order valence-corrected chi connectivity index (χ0v) is 18.2. The predicted octanol–water partition coefficient (Wildman–Crippen LogP) is 4.70. The number of nitrogens with zero attached hydrogens (tertiary/aromatic N) is 3. The molecule has 0 unspecified atom stereocenters. The van der Waals surface area contributed by atoms with Crippen LogP contribution in [0.15, 0.2) is 53.1 Å². The number of hydrogen-bond donors (Lipinski definition) is 1. The number of carbonyl (C=O) groups is 3. The van der Waals surface area contributed by atoms with Gasteiger partial charge in [-0.05, 0) is 37.3 Å². The van der Waals surface area contributed by atoms with Crippen LogP contribution in [0.3, 0.4) is 0 Å². The summed E-state index contributed by atoms with van der Waals surface area (Å²) >= 11 is 0. The summed E-state index contributed by atoms with van der Waals surface area (Å²) < 4.78 is 46.0. The molecule has 3 heterocycles. The van der Waals surface area contributed by atoms with E-state index in [1.54, 1.807) is 6.92 Å². The minimum absolute atomic E-state index is 0.0132. The first kappa shape index (κ1) is 22.3. The SMILES string of the molecule is Cc1noc2nc(-c3ccccc3C(F)(F)F)cc(C(=O)Nc3ccc4c(c3)C(=O)N(C)C4=O)c12. The lowest BCUT2D eigenvalue weighted by molar-refractivity contribution is -0.137. The van der Waals surface area contributed by atoms with E-state index in [1.807, 2.05) is 0 Å². The van der Waals surface area contributed by atoms with Gasteiger partial charge in [-0.3, -0.25) is 19.3 Å².